The molecular weight excluding hydrogens is 182 g/mol. The molecule has 0 amide bonds. The van der Waals surface area contributed by atoms with Gasteiger partial charge in [0.05, 0.1) is 4.92 Å². The summed E-state index contributed by atoms with van der Waals surface area (Å²) < 4.78 is 0. The van der Waals surface area contributed by atoms with Crippen molar-refractivity contribution in [3.63, 3.8) is 0 Å². The lowest BCUT2D eigenvalue weighted by atomic mass is 10.0. The third-order valence-electron chi connectivity index (χ3n) is 2.01. The topological polar surface area (TPSA) is 60.2 Å². The molecule has 0 bridgehead atoms. The molecule has 4 nitrogen and oxygen atoms in total. The maximum absolute atomic E-state index is 10.9. The Kier molecular flexibility index (Phi) is 2.96. The smallest absolute Gasteiger partial charge is 0.273 e. The molecule has 0 radical (unpaired) electrons. The highest BCUT2D eigenvalue weighted by Crippen LogP contribution is 2.22. The highest BCUT2D eigenvalue weighted by molar-refractivity contribution is 5.79. The van der Waals surface area contributed by atoms with Gasteiger partial charge in [0.2, 0.25) is 0 Å². The van der Waals surface area contributed by atoms with Gasteiger partial charge in [-0.15, -0.1) is 0 Å². The summed E-state index contributed by atoms with van der Waals surface area (Å²) >= 11 is 0. The number of aryl methyl sites for hydroxylation is 1. The molecule has 0 aliphatic carbocycles. The van der Waals surface area contributed by atoms with Gasteiger partial charge in [-0.25, -0.2) is 0 Å². The van der Waals surface area contributed by atoms with Crippen molar-refractivity contribution in [3.8, 4) is 0 Å². The Morgan fingerprint density at radius 2 is 2.14 bits per heavy atom. The van der Waals surface area contributed by atoms with E-state index in [2.05, 4.69) is 0 Å². The number of benzene rings is 1. The molecule has 1 rings (SSSR count). The lowest BCUT2D eigenvalue weighted by molar-refractivity contribution is -0.385. The van der Waals surface area contributed by atoms with Gasteiger partial charge in [-0.1, -0.05) is 12.1 Å². The summed E-state index contributed by atoms with van der Waals surface area (Å²) in [5.41, 5.74) is 1.33. The van der Waals surface area contributed by atoms with E-state index >= 15 is 0 Å². The highest BCUT2D eigenvalue weighted by Gasteiger charge is 2.16. The summed E-state index contributed by atoms with van der Waals surface area (Å²) in [6.45, 7) is 3.20. The first-order chi connectivity index (χ1) is 6.52. The Morgan fingerprint density at radius 3 is 2.64 bits per heavy atom. The molecule has 0 aliphatic heterocycles. The predicted octanol–water partition coefficient (Wildman–Crippen LogP) is 2.03. The van der Waals surface area contributed by atoms with Crippen LogP contribution in [-0.2, 0) is 11.2 Å². The SMILES string of the molecule is CC(=O)Cc1c(C)cccc1[N+](=O)[O-]. The number of hydrogen-bond acceptors (Lipinski definition) is 3. The van der Waals surface area contributed by atoms with Crippen LogP contribution in [0.4, 0.5) is 5.69 Å². The fraction of sp³-hybridized carbons (Fsp3) is 0.300. The van der Waals surface area contributed by atoms with Gasteiger partial charge in [0.15, 0.2) is 0 Å². The van der Waals surface area contributed by atoms with Crippen molar-refractivity contribution in [1.29, 1.82) is 0 Å². The lowest BCUT2D eigenvalue weighted by Crippen LogP contribution is -2.03. The molecule has 0 spiro atoms. The maximum atomic E-state index is 10.9. The van der Waals surface area contributed by atoms with E-state index in [0.29, 0.717) is 5.56 Å². The van der Waals surface area contributed by atoms with Crippen molar-refractivity contribution in [2.24, 2.45) is 0 Å². The van der Waals surface area contributed by atoms with Crippen molar-refractivity contribution in [3.05, 3.63) is 39.4 Å². The predicted molar refractivity (Wildman–Crippen MR) is 52.2 cm³/mol. The second-order valence-electron chi connectivity index (χ2n) is 3.21. The standard InChI is InChI=1S/C10H11NO3/c1-7-4-3-5-10(11(13)14)9(7)6-8(2)12/h3-5H,6H2,1-2H3. The molecule has 4 heteroatoms. The average Bonchev–Trinajstić information content (AvgIpc) is 2.07. The third kappa shape index (κ3) is 2.16. The molecule has 0 heterocycles. The first kappa shape index (κ1) is 10.4. The summed E-state index contributed by atoms with van der Waals surface area (Å²) in [6.07, 6.45) is 0.128. The van der Waals surface area contributed by atoms with Crippen LogP contribution in [0, 0.1) is 17.0 Å². The second-order valence-corrected chi connectivity index (χ2v) is 3.21. The van der Waals surface area contributed by atoms with Crippen LogP contribution in [0.3, 0.4) is 0 Å². The van der Waals surface area contributed by atoms with Crippen LogP contribution in [0.25, 0.3) is 0 Å². The van der Waals surface area contributed by atoms with Crippen molar-refractivity contribution in [2.75, 3.05) is 0 Å². The van der Waals surface area contributed by atoms with Gasteiger partial charge < -0.3 is 0 Å². The summed E-state index contributed by atoms with van der Waals surface area (Å²) in [4.78, 5) is 21.1. The monoisotopic (exact) mass is 193 g/mol. The first-order valence-corrected chi connectivity index (χ1v) is 4.24. The molecule has 0 saturated carbocycles. The van der Waals surface area contributed by atoms with Gasteiger partial charge >= 0.3 is 0 Å². The number of Topliss-reactive ketones (excluding diaryl/α,β-unsaturated/α-hetero) is 1. The normalized spacial score (nSPS) is 9.86. The van der Waals surface area contributed by atoms with Crippen LogP contribution in [-0.4, -0.2) is 10.7 Å². The van der Waals surface area contributed by atoms with Gasteiger partial charge in [-0.3, -0.25) is 14.9 Å². The quantitative estimate of drug-likeness (QED) is 0.545. The van der Waals surface area contributed by atoms with Crippen molar-refractivity contribution in [1.82, 2.24) is 0 Å². The summed E-state index contributed by atoms with van der Waals surface area (Å²) in [5.74, 6) is -0.0672. The molecule has 0 aliphatic rings. The molecule has 1 aromatic carbocycles. The number of nitrogens with zero attached hydrogens (tertiary/aromatic N) is 1. The minimum Gasteiger partial charge on any atom is -0.300 e. The van der Waals surface area contributed by atoms with Crippen LogP contribution < -0.4 is 0 Å². The molecular formula is C10H11NO3. The Morgan fingerprint density at radius 1 is 1.50 bits per heavy atom. The van der Waals surface area contributed by atoms with Crippen molar-refractivity contribution in [2.45, 2.75) is 20.3 Å². The molecule has 0 aromatic heterocycles. The van der Waals surface area contributed by atoms with E-state index in [-0.39, 0.29) is 17.9 Å². The number of nitro benzene ring substituents is 1. The molecule has 0 N–H and O–H groups in total. The van der Waals surface area contributed by atoms with E-state index in [4.69, 9.17) is 0 Å². The van der Waals surface area contributed by atoms with E-state index in [9.17, 15) is 14.9 Å². The van der Waals surface area contributed by atoms with E-state index in [0.717, 1.165) is 5.56 Å². The zero-order valence-electron chi connectivity index (χ0n) is 8.11. The Bertz CT molecular complexity index is 385. The fourth-order valence-electron chi connectivity index (χ4n) is 1.34. The minimum absolute atomic E-state index is 0.0280. The number of nitro groups is 1. The maximum Gasteiger partial charge on any atom is 0.273 e. The van der Waals surface area contributed by atoms with E-state index in [1.165, 1.54) is 13.0 Å². The van der Waals surface area contributed by atoms with Gasteiger partial charge in [-0.2, -0.15) is 0 Å². The Labute approximate surface area is 81.7 Å². The highest BCUT2D eigenvalue weighted by atomic mass is 16.6. The summed E-state index contributed by atoms with van der Waals surface area (Å²) in [7, 11) is 0. The lowest BCUT2D eigenvalue weighted by Gasteiger charge is -2.03. The van der Waals surface area contributed by atoms with E-state index < -0.39 is 4.92 Å². The van der Waals surface area contributed by atoms with Crippen LogP contribution in [0.15, 0.2) is 18.2 Å². The van der Waals surface area contributed by atoms with E-state index in [1.54, 1.807) is 19.1 Å². The molecule has 0 unspecified atom stereocenters. The van der Waals surface area contributed by atoms with Gasteiger partial charge in [-0.05, 0) is 19.4 Å². The van der Waals surface area contributed by atoms with Crippen molar-refractivity contribution < 1.29 is 9.72 Å². The largest absolute Gasteiger partial charge is 0.300 e. The number of rotatable bonds is 3. The zero-order valence-corrected chi connectivity index (χ0v) is 8.11. The second kappa shape index (κ2) is 4.00. The van der Waals surface area contributed by atoms with Crippen LogP contribution >= 0.6 is 0 Å². The molecule has 0 saturated heterocycles. The van der Waals surface area contributed by atoms with Crippen molar-refractivity contribution >= 4 is 11.5 Å². The molecule has 0 atom stereocenters. The van der Waals surface area contributed by atoms with Crippen LogP contribution in [0.1, 0.15) is 18.1 Å². The number of carbonyl (C=O) groups is 1. The fourth-order valence-corrected chi connectivity index (χ4v) is 1.34. The number of ketones is 1. The molecule has 14 heavy (non-hydrogen) atoms. The molecule has 1 aromatic rings. The first-order valence-electron chi connectivity index (χ1n) is 4.24. The number of carbonyl (C=O) groups excluding carboxylic acids is 1. The van der Waals surface area contributed by atoms with Gasteiger partial charge in [0, 0.05) is 18.1 Å². The summed E-state index contributed by atoms with van der Waals surface area (Å²) in [6, 6.07) is 4.81. The minimum atomic E-state index is -0.453. The molecule has 0 fully saturated rings. The van der Waals surface area contributed by atoms with Gasteiger partial charge in [0.1, 0.15) is 5.78 Å². The third-order valence-corrected chi connectivity index (χ3v) is 2.01. The van der Waals surface area contributed by atoms with Crippen LogP contribution in [0.2, 0.25) is 0 Å². The van der Waals surface area contributed by atoms with E-state index in [1.807, 2.05) is 0 Å². The molecule has 74 valence electrons. The average molecular weight is 193 g/mol. The number of hydrogen-bond donors (Lipinski definition) is 0. The Balaban J connectivity index is 3.22. The summed E-state index contributed by atoms with van der Waals surface area (Å²) in [5, 5.41) is 10.6. The zero-order chi connectivity index (χ0) is 10.7. The van der Waals surface area contributed by atoms with Crippen LogP contribution in [0.5, 0.6) is 0 Å². The Hall–Kier alpha value is -1.71. The van der Waals surface area contributed by atoms with Gasteiger partial charge in [0.25, 0.3) is 5.69 Å².